The van der Waals surface area contributed by atoms with E-state index in [-0.39, 0.29) is 10.6 Å². The third-order valence-corrected chi connectivity index (χ3v) is 6.58. The number of methoxy groups -OCH3 is 1. The zero-order chi connectivity index (χ0) is 21.9. The van der Waals surface area contributed by atoms with Crippen molar-refractivity contribution in [1.29, 1.82) is 0 Å². The van der Waals surface area contributed by atoms with Crippen molar-refractivity contribution in [3.8, 4) is 0 Å². The Morgan fingerprint density at radius 3 is 2.63 bits per heavy atom. The van der Waals surface area contributed by atoms with Crippen LogP contribution in [0.1, 0.15) is 30.9 Å². The minimum Gasteiger partial charge on any atom is -0.372 e. The van der Waals surface area contributed by atoms with Gasteiger partial charge in [-0.05, 0) is 62.2 Å². The molecule has 1 aliphatic rings. The summed E-state index contributed by atoms with van der Waals surface area (Å²) >= 11 is 7.25. The molecule has 1 amide bonds. The quantitative estimate of drug-likeness (QED) is 0.671. The van der Waals surface area contributed by atoms with Crippen LogP contribution >= 0.6 is 23.4 Å². The maximum absolute atomic E-state index is 14.5. The van der Waals surface area contributed by atoms with Crippen molar-refractivity contribution in [1.82, 2.24) is 5.01 Å². The second kappa shape index (κ2) is 9.43. The van der Waals surface area contributed by atoms with Gasteiger partial charge in [-0.1, -0.05) is 35.5 Å². The number of rotatable bonds is 7. The summed E-state index contributed by atoms with van der Waals surface area (Å²) in [5, 5.41) is 6.49. The van der Waals surface area contributed by atoms with Gasteiger partial charge < -0.3 is 10.5 Å². The molecule has 9 heteroatoms. The first kappa shape index (κ1) is 22.7. The van der Waals surface area contributed by atoms with Crippen LogP contribution in [0.5, 0.6) is 0 Å². The van der Waals surface area contributed by atoms with Gasteiger partial charge in [0, 0.05) is 17.7 Å². The third kappa shape index (κ3) is 4.37. The number of amides is 1. The second-order valence-corrected chi connectivity index (χ2v) is 8.55. The molecule has 0 saturated carbocycles. The van der Waals surface area contributed by atoms with Crippen molar-refractivity contribution in [3.63, 3.8) is 0 Å². The number of hydrogen-bond acceptors (Lipinski definition) is 5. The third-order valence-electron chi connectivity index (χ3n) is 4.88. The fourth-order valence-electron chi connectivity index (χ4n) is 3.20. The van der Waals surface area contributed by atoms with E-state index in [9.17, 15) is 13.6 Å². The summed E-state index contributed by atoms with van der Waals surface area (Å²) in [6.45, 7) is 2.00. The van der Waals surface area contributed by atoms with E-state index in [0.29, 0.717) is 24.4 Å². The van der Waals surface area contributed by atoms with Gasteiger partial charge in [-0.15, -0.1) is 0 Å². The largest absolute Gasteiger partial charge is 0.372 e. The fourth-order valence-corrected chi connectivity index (χ4v) is 4.75. The summed E-state index contributed by atoms with van der Waals surface area (Å²) in [7, 11) is 1.42. The number of benzene rings is 2. The van der Waals surface area contributed by atoms with E-state index in [2.05, 4.69) is 5.10 Å². The van der Waals surface area contributed by atoms with Gasteiger partial charge in [0.1, 0.15) is 27.7 Å². The molecule has 2 aromatic carbocycles. The Kier molecular flexibility index (Phi) is 7.13. The number of hydrogen-bond donors (Lipinski definition) is 1. The van der Waals surface area contributed by atoms with E-state index in [1.54, 1.807) is 31.2 Å². The number of ether oxygens (including phenoxy) is 1. The Morgan fingerprint density at radius 2 is 2.00 bits per heavy atom. The second-order valence-electron chi connectivity index (χ2n) is 6.84. The Balaban J connectivity index is 2.16. The molecular weight excluding hydrogens is 432 g/mol. The molecule has 160 valence electrons. The molecule has 2 N–H and O–H groups in total. The van der Waals surface area contributed by atoms with Crippen LogP contribution in [0.4, 0.5) is 8.78 Å². The molecule has 0 aromatic heterocycles. The monoisotopic (exact) mass is 453 g/mol. The highest BCUT2D eigenvalue weighted by Crippen LogP contribution is 2.51. The maximum atomic E-state index is 14.5. The van der Waals surface area contributed by atoms with Gasteiger partial charge >= 0.3 is 0 Å². The molecule has 30 heavy (non-hydrogen) atoms. The molecule has 0 fully saturated rings. The van der Waals surface area contributed by atoms with Crippen LogP contribution < -0.4 is 5.73 Å². The Hall–Kier alpha value is -2.00. The molecular formula is C21H22ClF2N3O2S. The first-order valence-electron chi connectivity index (χ1n) is 9.38. The Morgan fingerprint density at radius 1 is 1.30 bits per heavy atom. The molecule has 0 saturated heterocycles. The van der Waals surface area contributed by atoms with Crippen LogP contribution in [0.25, 0.3) is 0 Å². The first-order valence-corrected chi connectivity index (χ1v) is 10.6. The smallest absolute Gasteiger partial charge is 0.273 e. The van der Waals surface area contributed by atoms with E-state index in [1.165, 1.54) is 23.9 Å². The highest BCUT2D eigenvalue weighted by Gasteiger charge is 2.49. The van der Waals surface area contributed by atoms with Crippen LogP contribution in [0.2, 0.25) is 5.02 Å². The molecule has 0 bridgehead atoms. The van der Waals surface area contributed by atoms with Crippen molar-refractivity contribution in [2.75, 3.05) is 13.7 Å². The van der Waals surface area contributed by atoms with Crippen LogP contribution in [-0.2, 0) is 14.4 Å². The molecule has 2 aromatic rings. The van der Waals surface area contributed by atoms with Gasteiger partial charge in [-0.25, -0.2) is 13.8 Å². The maximum Gasteiger partial charge on any atom is 0.273 e. The predicted octanol–water partition coefficient (Wildman–Crippen LogP) is 4.48. The van der Waals surface area contributed by atoms with Crippen LogP contribution in [-0.4, -0.2) is 35.7 Å². The van der Waals surface area contributed by atoms with Crippen molar-refractivity contribution < 1.29 is 18.3 Å². The molecule has 1 aliphatic heterocycles. The molecule has 3 rings (SSSR count). The molecule has 0 aliphatic carbocycles. The average Bonchev–Trinajstić information content (AvgIpc) is 3.13. The van der Waals surface area contributed by atoms with Gasteiger partial charge in [0.15, 0.2) is 0 Å². The van der Waals surface area contributed by atoms with Crippen LogP contribution in [0.15, 0.2) is 47.6 Å². The van der Waals surface area contributed by atoms with E-state index in [4.69, 9.17) is 22.1 Å². The zero-order valence-corrected chi connectivity index (χ0v) is 18.1. The number of carbonyl (C=O) groups is 1. The number of hydrazone groups is 1. The molecule has 2 atom stereocenters. The van der Waals surface area contributed by atoms with Crippen LogP contribution in [0, 0.1) is 11.6 Å². The zero-order valence-electron chi connectivity index (χ0n) is 16.6. The summed E-state index contributed by atoms with van der Waals surface area (Å²) in [4.78, 5) is 12.2. The topological polar surface area (TPSA) is 67.9 Å². The summed E-state index contributed by atoms with van der Waals surface area (Å²) in [6, 6.07) is 10.2. The van der Waals surface area contributed by atoms with E-state index >= 15 is 0 Å². The number of carbonyl (C=O) groups excluding carboxylic acids is 1. The minimum atomic E-state index is -0.998. The standard InChI is InChI=1S/C21H22ClF2N3O2S/c1-13(29-2)20(28)27-21(10-3-11-25,14-4-6-15(22)7-5-14)30-19(26-27)17-12-16(23)8-9-18(17)24/h4-9,12-13H,3,10-11,25H2,1-2H3/t13-,21?/m0/s1. The highest BCUT2D eigenvalue weighted by atomic mass is 35.5. The molecule has 1 unspecified atom stereocenters. The number of nitrogens with two attached hydrogens (primary N) is 1. The summed E-state index contributed by atoms with van der Waals surface area (Å²) in [5.41, 5.74) is 6.50. The lowest BCUT2D eigenvalue weighted by molar-refractivity contribution is -0.144. The lowest BCUT2D eigenvalue weighted by Gasteiger charge is -2.36. The average molecular weight is 454 g/mol. The SMILES string of the molecule is CO[C@@H](C)C(=O)N1N=C(c2cc(F)ccc2F)SC1(CCCN)c1ccc(Cl)cc1. The van der Waals surface area contributed by atoms with E-state index in [0.717, 1.165) is 23.8 Å². The van der Waals surface area contributed by atoms with Crippen molar-refractivity contribution in [2.24, 2.45) is 10.8 Å². The van der Waals surface area contributed by atoms with Gasteiger partial charge in [0.2, 0.25) is 0 Å². The molecule has 1 heterocycles. The van der Waals surface area contributed by atoms with Crippen molar-refractivity contribution in [3.05, 3.63) is 70.2 Å². The first-order chi connectivity index (χ1) is 14.3. The Bertz CT molecular complexity index is 958. The van der Waals surface area contributed by atoms with E-state index < -0.39 is 28.5 Å². The number of halogens is 3. The van der Waals surface area contributed by atoms with E-state index in [1.807, 2.05) is 0 Å². The summed E-state index contributed by atoms with van der Waals surface area (Å²) in [6.07, 6.45) is 0.243. The Labute approximate surface area is 183 Å². The van der Waals surface area contributed by atoms with Crippen molar-refractivity contribution >= 4 is 34.3 Å². The minimum absolute atomic E-state index is 0.00791. The van der Waals surface area contributed by atoms with Gasteiger partial charge in [0.25, 0.3) is 5.91 Å². The van der Waals surface area contributed by atoms with Crippen molar-refractivity contribution in [2.45, 2.75) is 30.7 Å². The number of thioether (sulfide) groups is 1. The molecule has 0 spiro atoms. The lowest BCUT2D eigenvalue weighted by atomic mass is 9.99. The predicted molar refractivity (Wildman–Crippen MR) is 115 cm³/mol. The van der Waals surface area contributed by atoms with Gasteiger partial charge in [-0.3, -0.25) is 4.79 Å². The normalized spacial score (nSPS) is 19.7. The fraction of sp³-hybridized carbons (Fsp3) is 0.333. The molecule has 0 radical (unpaired) electrons. The number of nitrogens with zero attached hydrogens (tertiary/aromatic N) is 2. The molecule has 5 nitrogen and oxygen atoms in total. The highest BCUT2D eigenvalue weighted by molar-refractivity contribution is 8.15. The van der Waals surface area contributed by atoms with Gasteiger partial charge in [0.05, 0.1) is 0 Å². The lowest BCUT2D eigenvalue weighted by Crippen LogP contribution is -2.46. The van der Waals surface area contributed by atoms with Crippen LogP contribution in [0.3, 0.4) is 0 Å². The summed E-state index contributed by atoms with van der Waals surface area (Å²) < 4.78 is 33.6. The summed E-state index contributed by atoms with van der Waals surface area (Å²) in [5.74, 6) is -1.62. The van der Waals surface area contributed by atoms with Gasteiger partial charge in [-0.2, -0.15) is 5.10 Å².